The maximum absolute atomic E-state index is 12.6. The lowest BCUT2D eigenvalue weighted by molar-refractivity contribution is -0.385. The SMILES string of the molecule is C[C@](O)(CC(=O)N1CCc2ccc([N+](=O)[O-])cc2C1)c1ccccc1. The molecule has 1 amide bonds. The highest BCUT2D eigenvalue weighted by Gasteiger charge is 2.30. The van der Waals surface area contributed by atoms with Crippen LogP contribution in [-0.4, -0.2) is 27.4 Å². The molecule has 0 saturated heterocycles. The van der Waals surface area contributed by atoms with Crippen LogP contribution in [0.3, 0.4) is 0 Å². The predicted molar refractivity (Wildman–Crippen MR) is 92.8 cm³/mol. The Kier molecular flexibility index (Phi) is 4.55. The van der Waals surface area contributed by atoms with Gasteiger partial charge >= 0.3 is 0 Å². The normalized spacial score (nSPS) is 16.0. The fourth-order valence-electron chi connectivity index (χ4n) is 3.18. The van der Waals surface area contributed by atoms with E-state index in [1.807, 2.05) is 18.2 Å². The maximum atomic E-state index is 12.6. The van der Waals surface area contributed by atoms with Crippen molar-refractivity contribution in [2.45, 2.75) is 31.9 Å². The molecule has 3 rings (SSSR count). The molecule has 6 nitrogen and oxygen atoms in total. The van der Waals surface area contributed by atoms with Crippen molar-refractivity contribution in [3.8, 4) is 0 Å². The summed E-state index contributed by atoms with van der Waals surface area (Å²) in [6.45, 7) is 2.51. The highest BCUT2D eigenvalue weighted by Crippen LogP contribution is 2.28. The Morgan fingerprint density at radius 1 is 1.24 bits per heavy atom. The second-order valence-electron chi connectivity index (χ2n) is 6.59. The number of rotatable bonds is 4. The van der Waals surface area contributed by atoms with Gasteiger partial charge in [0.15, 0.2) is 0 Å². The van der Waals surface area contributed by atoms with Crippen molar-refractivity contribution in [3.05, 3.63) is 75.3 Å². The zero-order chi connectivity index (χ0) is 18.0. The van der Waals surface area contributed by atoms with Crippen LogP contribution < -0.4 is 0 Å². The van der Waals surface area contributed by atoms with Crippen LogP contribution >= 0.6 is 0 Å². The van der Waals surface area contributed by atoms with E-state index < -0.39 is 10.5 Å². The number of hydrogen-bond acceptors (Lipinski definition) is 4. The minimum atomic E-state index is -1.25. The molecule has 1 N–H and O–H groups in total. The first-order chi connectivity index (χ1) is 11.9. The first kappa shape index (κ1) is 17.1. The van der Waals surface area contributed by atoms with Crippen molar-refractivity contribution >= 4 is 11.6 Å². The number of hydrogen-bond donors (Lipinski definition) is 1. The molecule has 1 heterocycles. The summed E-state index contributed by atoms with van der Waals surface area (Å²) in [5.41, 5.74) is 1.31. The lowest BCUT2D eigenvalue weighted by Crippen LogP contribution is -2.39. The van der Waals surface area contributed by atoms with Crippen molar-refractivity contribution in [2.75, 3.05) is 6.54 Å². The van der Waals surface area contributed by atoms with Gasteiger partial charge in [0.25, 0.3) is 5.69 Å². The van der Waals surface area contributed by atoms with Crippen LogP contribution in [0, 0.1) is 10.1 Å². The zero-order valence-electron chi connectivity index (χ0n) is 14.0. The van der Waals surface area contributed by atoms with Gasteiger partial charge in [-0.15, -0.1) is 0 Å². The highest BCUT2D eigenvalue weighted by atomic mass is 16.6. The van der Waals surface area contributed by atoms with E-state index in [4.69, 9.17) is 0 Å². The molecule has 2 aromatic carbocycles. The topological polar surface area (TPSA) is 83.7 Å². The van der Waals surface area contributed by atoms with Crippen LogP contribution in [0.25, 0.3) is 0 Å². The number of benzene rings is 2. The van der Waals surface area contributed by atoms with Crippen LogP contribution in [0.1, 0.15) is 30.0 Å². The maximum Gasteiger partial charge on any atom is 0.269 e. The highest BCUT2D eigenvalue weighted by molar-refractivity contribution is 5.78. The van der Waals surface area contributed by atoms with Crippen LogP contribution in [0.15, 0.2) is 48.5 Å². The summed E-state index contributed by atoms with van der Waals surface area (Å²) in [7, 11) is 0. The van der Waals surface area contributed by atoms with Crippen LogP contribution in [0.5, 0.6) is 0 Å². The molecule has 0 aliphatic carbocycles. The number of non-ortho nitro benzene ring substituents is 1. The summed E-state index contributed by atoms with van der Waals surface area (Å²) in [5, 5.41) is 21.6. The van der Waals surface area contributed by atoms with Gasteiger partial charge in [-0.1, -0.05) is 36.4 Å². The third kappa shape index (κ3) is 3.69. The van der Waals surface area contributed by atoms with E-state index in [2.05, 4.69) is 0 Å². The second kappa shape index (κ2) is 6.64. The molecule has 0 radical (unpaired) electrons. The Labute approximate surface area is 145 Å². The summed E-state index contributed by atoms with van der Waals surface area (Å²) in [5.74, 6) is -0.161. The monoisotopic (exact) mass is 340 g/mol. The number of carbonyl (C=O) groups excluding carboxylic acids is 1. The van der Waals surface area contributed by atoms with Crippen molar-refractivity contribution < 1.29 is 14.8 Å². The molecule has 2 aromatic rings. The number of nitrogens with zero attached hydrogens (tertiary/aromatic N) is 2. The van der Waals surface area contributed by atoms with Gasteiger partial charge < -0.3 is 10.0 Å². The molecular formula is C19H20N2O4. The van der Waals surface area contributed by atoms with E-state index in [0.29, 0.717) is 25.1 Å². The third-order valence-corrected chi connectivity index (χ3v) is 4.66. The van der Waals surface area contributed by atoms with Gasteiger partial charge in [0, 0.05) is 25.2 Å². The van der Waals surface area contributed by atoms with E-state index in [1.54, 1.807) is 30.0 Å². The average Bonchev–Trinajstić information content (AvgIpc) is 2.61. The predicted octanol–water partition coefficient (Wildman–Crippen LogP) is 2.78. The Hall–Kier alpha value is -2.73. The van der Waals surface area contributed by atoms with E-state index >= 15 is 0 Å². The van der Waals surface area contributed by atoms with Gasteiger partial charge in [0.05, 0.1) is 16.9 Å². The molecule has 1 aliphatic heterocycles. The summed E-state index contributed by atoms with van der Waals surface area (Å²) < 4.78 is 0. The molecule has 1 aliphatic rings. The molecule has 0 unspecified atom stereocenters. The minimum Gasteiger partial charge on any atom is -0.385 e. The Morgan fingerprint density at radius 2 is 1.96 bits per heavy atom. The Morgan fingerprint density at radius 3 is 2.64 bits per heavy atom. The fraction of sp³-hybridized carbons (Fsp3) is 0.316. The molecule has 0 spiro atoms. The molecule has 130 valence electrons. The van der Waals surface area contributed by atoms with Gasteiger partial charge in [-0.3, -0.25) is 14.9 Å². The fourth-order valence-corrected chi connectivity index (χ4v) is 3.18. The minimum absolute atomic E-state index is 0.0265. The number of aliphatic hydroxyl groups is 1. The number of amides is 1. The number of nitro groups is 1. The van der Waals surface area contributed by atoms with Crippen molar-refractivity contribution in [1.29, 1.82) is 0 Å². The first-order valence-electron chi connectivity index (χ1n) is 8.19. The molecule has 6 heteroatoms. The van der Waals surface area contributed by atoms with Crippen LogP contribution in [-0.2, 0) is 23.4 Å². The number of carbonyl (C=O) groups is 1. The number of nitro benzene ring substituents is 1. The lowest BCUT2D eigenvalue weighted by atomic mass is 9.91. The van der Waals surface area contributed by atoms with Gasteiger partial charge in [0.1, 0.15) is 0 Å². The van der Waals surface area contributed by atoms with Crippen molar-refractivity contribution in [3.63, 3.8) is 0 Å². The quantitative estimate of drug-likeness (QED) is 0.685. The van der Waals surface area contributed by atoms with Crippen LogP contribution in [0.4, 0.5) is 5.69 Å². The van der Waals surface area contributed by atoms with Crippen molar-refractivity contribution in [2.24, 2.45) is 0 Å². The third-order valence-electron chi connectivity index (χ3n) is 4.66. The summed E-state index contributed by atoms with van der Waals surface area (Å²) >= 11 is 0. The molecule has 0 aromatic heterocycles. The van der Waals surface area contributed by atoms with Gasteiger partial charge in [-0.05, 0) is 30.0 Å². The molecule has 0 bridgehead atoms. The van der Waals surface area contributed by atoms with E-state index in [-0.39, 0.29) is 18.0 Å². The number of fused-ring (bicyclic) bond motifs is 1. The van der Waals surface area contributed by atoms with E-state index in [0.717, 1.165) is 11.1 Å². The molecule has 0 fully saturated rings. The average molecular weight is 340 g/mol. The Bertz CT molecular complexity index is 802. The summed E-state index contributed by atoms with van der Waals surface area (Å²) in [6, 6.07) is 13.9. The van der Waals surface area contributed by atoms with E-state index in [1.165, 1.54) is 12.1 Å². The Balaban J connectivity index is 1.74. The van der Waals surface area contributed by atoms with Gasteiger partial charge in [0.2, 0.25) is 5.91 Å². The molecule has 25 heavy (non-hydrogen) atoms. The summed E-state index contributed by atoms with van der Waals surface area (Å²) in [4.78, 5) is 24.8. The van der Waals surface area contributed by atoms with Crippen molar-refractivity contribution in [1.82, 2.24) is 4.90 Å². The lowest BCUT2D eigenvalue weighted by Gasteiger charge is -2.32. The van der Waals surface area contributed by atoms with E-state index in [9.17, 15) is 20.0 Å². The van der Waals surface area contributed by atoms with Gasteiger partial charge in [-0.2, -0.15) is 0 Å². The molecule has 0 saturated carbocycles. The zero-order valence-corrected chi connectivity index (χ0v) is 14.0. The smallest absolute Gasteiger partial charge is 0.269 e. The van der Waals surface area contributed by atoms with Gasteiger partial charge in [-0.25, -0.2) is 0 Å². The second-order valence-corrected chi connectivity index (χ2v) is 6.59. The largest absolute Gasteiger partial charge is 0.385 e. The standard InChI is InChI=1S/C19H20N2O4/c1-19(23,16-5-3-2-4-6-16)12-18(22)20-10-9-14-7-8-17(21(24)25)11-15(14)13-20/h2-8,11,23H,9-10,12-13H2,1H3/t19-/m0/s1. The first-order valence-corrected chi connectivity index (χ1v) is 8.19. The molecule has 1 atom stereocenters. The summed E-state index contributed by atoms with van der Waals surface area (Å²) in [6.07, 6.45) is 0.633. The molecular weight excluding hydrogens is 320 g/mol. The van der Waals surface area contributed by atoms with Crippen LogP contribution in [0.2, 0.25) is 0 Å².